The van der Waals surface area contributed by atoms with Gasteiger partial charge < -0.3 is 5.11 Å². The van der Waals surface area contributed by atoms with Crippen molar-refractivity contribution in [3.8, 4) is 0 Å². The summed E-state index contributed by atoms with van der Waals surface area (Å²) in [5.74, 6) is 0. The van der Waals surface area contributed by atoms with E-state index in [0.29, 0.717) is 6.04 Å². The van der Waals surface area contributed by atoms with E-state index in [1.54, 1.807) is 0 Å². The Hall–Kier alpha value is -0.860. The summed E-state index contributed by atoms with van der Waals surface area (Å²) in [6, 6.07) is 8.83. The van der Waals surface area contributed by atoms with Crippen LogP contribution in [-0.4, -0.2) is 29.1 Å². The van der Waals surface area contributed by atoms with Crippen molar-refractivity contribution in [3.05, 3.63) is 35.4 Å². The molecule has 1 aromatic rings. The summed E-state index contributed by atoms with van der Waals surface area (Å²) < 4.78 is 0. The molecule has 0 heterocycles. The van der Waals surface area contributed by atoms with Crippen molar-refractivity contribution in [2.75, 3.05) is 7.05 Å². The van der Waals surface area contributed by atoms with E-state index in [4.69, 9.17) is 0 Å². The number of aryl methyl sites for hydroxylation is 1. The SMILES string of the molecule is CCc1ccc(C(O)C(C)N(C)C(C)C)cc1. The zero-order valence-corrected chi connectivity index (χ0v) is 11.6. The monoisotopic (exact) mass is 235 g/mol. The van der Waals surface area contributed by atoms with Gasteiger partial charge in [0.25, 0.3) is 0 Å². The molecule has 0 aliphatic rings. The molecule has 1 rings (SSSR count). The second-order valence-corrected chi connectivity index (χ2v) is 5.04. The molecule has 0 amide bonds. The summed E-state index contributed by atoms with van der Waals surface area (Å²) in [5.41, 5.74) is 2.31. The van der Waals surface area contributed by atoms with Gasteiger partial charge in [-0.05, 0) is 45.4 Å². The smallest absolute Gasteiger partial charge is 0.0942 e. The fourth-order valence-corrected chi connectivity index (χ4v) is 1.92. The number of nitrogens with zero attached hydrogens (tertiary/aromatic N) is 1. The topological polar surface area (TPSA) is 23.5 Å². The van der Waals surface area contributed by atoms with Crippen LogP contribution in [-0.2, 0) is 6.42 Å². The summed E-state index contributed by atoms with van der Waals surface area (Å²) in [5, 5.41) is 10.3. The number of likely N-dealkylation sites (N-methyl/N-ethyl adjacent to an activating group) is 1. The lowest BCUT2D eigenvalue weighted by atomic mass is 10.00. The minimum absolute atomic E-state index is 0.127. The van der Waals surface area contributed by atoms with Gasteiger partial charge in [0.2, 0.25) is 0 Å². The second-order valence-electron chi connectivity index (χ2n) is 5.04. The average molecular weight is 235 g/mol. The Bertz CT molecular complexity index is 331. The third kappa shape index (κ3) is 3.55. The largest absolute Gasteiger partial charge is 0.387 e. The second kappa shape index (κ2) is 6.18. The molecule has 2 atom stereocenters. The van der Waals surface area contributed by atoms with Gasteiger partial charge in [-0.25, -0.2) is 0 Å². The highest BCUT2D eigenvalue weighted by atomic mass is 16.3. The summed E-state index contributed by atoms with van der Waals surface area (Å²) in [6.07, 6.45) is 0.617. The van der Waals surface area contributed by atoms with Crippen LogP contribution in [0.1, 0.15) is 44.9 Å². The van der Waals surface area contributed by atoms with Gasteiger partial charge in [-0.3, -0.25) is 4.90 Å². The van der Waals surface area contributed by atoms with Crippen molar-refractivity contribution in [3.63, 3.8) is 0 Å². The number of rotatable bonds is 5. The minimum Gasteiger partial charge on any atom is -0.387 e. The summed E-state index contributed by atoms with van der Waals surface area (Å²) >= 11 is 0. The average Bonchev–Trinajstić information content (AvgIpc) is 2.36. The number of hydrogen-bond donors (Lipinski definition) is 1. The molecule has 0 saturated heterocycles. The molecular weight excluding hydrogens is 210 g/mol. The Balaban J connectivity index is 2.77. The van der Waals surface area contributed by atoms with Gasteiger partial charge in [-0.2, -0.15) is 0 Å². The lowest BCUT2D eigenvalue weighted by Crippen LogP contribution is -2.39. The molecule has 0 aliphatic heterocycles. The van der Waals surface area contributed by atoms with Crippen LogP contribution in [0.4, 0.5) is 0 Å². The van der Waals surface area contributed by atoms with Crippen LogP contribution in [0.3, 0.4) is 0 Å². The van der Waals surface area contributed by atoms with Crippen LogP contribution < -0.4 is 0 Å². The minimum atomic E-state index is -0.423. The van der Waals surface area contributed by atoms with E-state index in [1.807, 2.05) is 12.1 Å². The molecule has 0 fully saturated rings. The fraction of sp³-hybridized carbons (Fsp3) is 0.600. The van der Waals surface area contributed by atoms with Crippen molar-refractivity contribution in [2.45, 2.75) is 52.3 Å². The molecule has 2 unspecified atom stereocenters. The van der Waals surface area contributed by atoms with Crippen LogP contribution in [0, 0.1) is 0 Å². The number of hydrogen-bond acceptors (Lipinski definition) is 2. The van der Waals surface area contributed by atoms with Crippen molar-refractivity contribution < 1.29 is 5.11 Å². The van der Waals surface area contributed by atoms with E-state index in [9.17, 15) is 5.11 Å². The van der Waals surface area contributed by atoms with E-state index in [2.05, 4.69) is 51.8 Å². The molecule has 17 heavy (non-hydrogen) atoms. The molecule has 0 saturated carbocycles. The van der Waals surface area contributed by atoms with Crippen molar-refractivity contribution in [1.82, 2.24) is 4.90 Å². The molecule has 2 heteroatoms. The van der Waals surface area contributed by atoms with Crippen molar-refractivity contribution in [2.24, 2.45) is 0 Å². The molecule has 0 spiro atoms. The van der Waals surface area contributed by atoms with Crippen LogP contribution in [0.25, 0.3) is 0 Å². The van der Waals surface area contributed by atoms with Gasteiger partial charge in [-0.15, -0.1) is 0 Å². The first-order chi connectivity index (χ1) is 7.97. The molecule has 96 valence electrons. The Morgan fingerprint density at radius 1 is 1.12 bits per heavy atom. The summed E-state index contributed by atoms with van der Waals surface area (Å²) in [7, 11) is 2.05. The van der Waals surface area contributed by atoms with E-state index in [1.165, 1.54) is 5.56 Å². The Morgan fingerprint density at radius 3 is 2.06 bits per heavy atom. The van der Waals surface area contributed by atoms with Gasteiger partial charge in [0.1, 0.15) is 0 Å². The van der Waals surface area contributed by atoms with Crippen LogP contribution >= 0.6 is 0 Å². The molecular formula is C15H25NO. The van der Waals surface area contributed by atoms with Crippen LogP contribution in [0.15, 0.2) is 24.3 Å². The fourth-order valence-electron chi connectivity index (χ4n) is 1.92. The standard InChI is InChI=1S/C15H25NO/c1-6-13-7-9-14(10-8-13)15(17)12(4)16(5)11(2)3/h7-12,15,17H,6H2,1-5H3. The van der Waals surface area contributed by atoms with E-state index in [0.717, 1.165) is 12.0 Å². The maximum absolute atomic E-state index is 10.3. The maximum atomic E-state index is 10.3. The normalized spacial score (nSPS) is 15.3. The highest BCUT2D eigenvalue weighted by Gasteiger charge is 2.21. The van der Waals surface area contributed by atoms with E-state index in [-0.39, 0.29) is 6.04 Å². The van der Waals surface area contributed by atoms with Gasteiger partial charge in [0, 0.05) is 12.1 Å². The molecule has 2 nitrogen and oxygen atoms in total. The first-order valence-corrected chi connectivity index (χ1v) is 6.46. The summed E-state index contributed by atoms with van der Waals surface area (Å²) in [4.78, 5) is 2.19. The highest BCUT2D eigenvalue weighted by molar-refractivity contribution is 5.24. The number of benzene rings is 1. The predicted octanol–water partition coefficient (Wildman–Crippen LogP) is 3.01. The molecule has 1 aromatic carbocycles. The molecule has 0 aromatic heterocycles. The molecule has 0 bridgehead atoms. The van der Waals surface area contributed by atoms with Crippen molar-refractivity contribution >= 4 is 0 Å². The first-order valence-electron chi connectivity index (χ1n) is 6.46. The maximum Gasteiger partial charge on any atom is 0.0942 e. The number of aliphatic hydroxyl groups is 1. The zero-order valence-electron chi connectivity index (χ0n) is 11.6. The lowest BCUT2D eigenvalue weighted by Gasteiger charge is -2.32. The first kappa shape index (κ1) is 14.2. The summed E-state index contributed by atoms with van der Waals surface area (Å²) in [6.45, 7) is 8.49. The van der Waals surface area contributed by atoms with Crippen LogP contribution in [0.5, 0.6) is 0 Å². The van der Waals surface area contributed by atoms with Gasteiger partial charge >= 0.3 is 0 Å². The van der Waals surface area contributed by atoms with Gasteiger partial charge in [-0.1, -0.05) is 31.2 Å². The quantitative estimate of drug-likeness (QED) is 0.848. The molecule has 0 radical (unpaired) electrons. The molecule has 1 N–H and O–H groups in total. The highest BCUT2D eigenvalue weighted by Crippen LogP contribution is 2.21. The third-order valence-electron chi connectivity index (χ3n) is 3.64. The van der Waals surface area contributed by atoms with Gasteiger partial charge in [0.15, 0.2) is 0 Å². The Kier molecular flexibility index (Phi) is 5.16. The molecule has 0 aliphatic carbocycles. The van der Waals surface area contributed by atoms with Crippen molar-refractivity contribution in [1.29, 1.82) is 0 Å². The lowest BCUT2D eigenvalue weighted by molar-refractivity contribution is 0.0571. The Labute approximate surface area is 105 Å². The number of aliphatic hydroxyl groups excluding tert-OH is 1. The predicted molar refractivity (Wildman–Crippen MR) is 73.1 cm³/mol. The Morgan fingerprint density at radius 2 is 1.65 bits per heavy atom. The van der Waals surface area contributed by atoms with E-state index < -0.39 is 6.10 Å². The zero-order chi connectivity index (χ0) is 13.0. The van der Waals surface area contributed by atoms with Gasteiger partial charge in [0.05, 0.1) is 6.10 Å². The van der Waals surface area contributed by atoms with E-state index >= 15 is 0 Å². The third-order valence-corrected chi connectivity index (χ3v) is 3.64. The van der Waals surface area contributed by atoms with Crippen LogP contribution in [0.2, 0.25) is 0 Å².